The molecule has 160 valence electrons. The Labute approximate surface area is 180 Å². The number of urea groups is 1. The lowest BCUT2D eigenvalue weighted by molar-refractivity contribution is -0.110. The maximum absolute atomic E-state index is 12.5. The normalized spacial score (nSPS) is 14.5. The van der Waals surface area contributed by atoms with E-state index in [1.807, 2.05) is 52.8 Å². The number of benzene rings is 1. The van der Waals surface area contributed by atoms with Gasteiger partial charge >= 0.3 is 6.03 Å². The van der Waals surface area contributed by atoms with Crippen LogP contribution in [0.1, 0.15) is 49.0 Å². The van der Waals surface area contributed by atoms with Crippen molar-refractivity contribution in [2.45, 2.75) is 40.0 Å². The maximum atomic E-state index is 12.5. The fraction of sp³-hybridized carbons (Fsp3) is 0.261. The fourth-order valence-electron chi connectivity index (χ4n) is 3.43. The monoisotopic (exact) mass is 419 g/mol. The van der Waals surface area contributed by atoms with Gasteiger partial charge in [-0.25, -0.2) is 4.79 Å². The van der Waals surface area contributed by atoms with Crippen molar-refractivity contribution in [3.63, 3.8) is 0 Å². The molecule has 31 heavy (non-hydrogen) atoms. The third-order valence-corrected chi connectivity index (χ3v) is 5.03. The highest BCUT2D eigenvalue weighted by Crippen LogP contribution is 2.35. The third-order valence-electron chi connectivity index (χ3n) is 5.03. The zero-order valence-corrected chi connectivity index (χ0v) is 18.1. The lowest BCUT2D eigenvalue weighted by Crippen LogP contribution is -2.19. The summed E-state index contributed by atoms with van der Waals surface area (Å²) >= 11 is 0. The van der Waals surface area contributed by atoms with Crippen molar-refractivity contribution < 1.29 is 14.1 Å². The van der Waals surface area contributed by atoms with Gasteiger partial charge in [-0.2, -0.15) is 0 Å². The molecule has 0 atom stereocenters. The third kappa shape index (κ3) is 4.23. The molecule has 3 heterocycles. The number of carbonyl (C=O) groups is 2. The average molecular weight is 419 g/mol. The summed E-state index contributed by atoms with van der Waals surface area (Å²) in [5.74, 6) is 0.828. The summed E-state index contributed by atoms with van der Waals surface area (Å²) in [5, 5.41) is 12.1. The summed E-state index contributed by atoms with van der Waals surface area (Å²) < 4.78 is 5.27. The molecule has 1 aliphatic heterocycles. The molecule has 8 nitrogen and oxygen atoms in total. The first kappa shape index (κ1) is 20.5. The molecule has 4 rings (SSSR count). The molecule has 0 saturated carbocycles. The van der Waals surface area contributed by atoms with Gasteiger partial charge in [0, 0.05) is 34.1 Å². The molecule has 2 aromatic heterocycles. The molecule has 0 aliphatic carbocycles. The van der Waals surface area contributed by atoms with Gasteiger partial charge in [-0.3, -0.25) is 10.1 Å². The summed E-state index contributed by atoms with van der Waals surface area (Å²) in [5.41, 5.74) is 5.36. The minimum Gasteiger partial charge on any atom is -0.359 e. The standard InChI is InChI=1S/C23H25N5O3/c1-12-8-13(2)24-17(12)10-16-15-7-6-14(9-18(15)26-21(16)29)25-22(30)27-20-11-19(31-28-20)23(3,4)5/h6-11,24H,1-5H3,(H,26,29)(H2,25,27,28,30). The second-order valence-corrected chi connectivity index (χ2v) is 8.73. The van der Waals surface area contributed by atoms with E-state index < -0.39 is 6.03 Å². The first-order chi connectivity index (χ1) is 14.6. The van der Waals surface area contributed by atoms with Crippen LogP contribution in [-0.4, -0.2) is 22.1 Å². The highest BCUT2D eigenvalue weighted by molar-refractivity contribution is 6.35. The molecule has 3 amide bonds. The van der Waals surface area contributed by atoms with Crippen LogP contribution in [0.25, 0.3) is 11.6 Å². The quantitative estimate of drug-likeness (QED) is 0.445. The zero-order chi connectivity index (χ0) is 22.3. The molecule has 1 aromatic carbocycles. The largest absolute Gasteiger partial charge is 0.359 e. The smallest absolute Gasteiger partial charge is 0.324 e. The maximum Gasteiger partial charge on any atom is 0.324 e. The van der Waals surface area contributed by atoms with E-state index in [9.17, 15) is 9.59 Å². The van der Waals surface area contributed by atoms with Crippen LogP contribution >= 0.6 is 0 Å². The van der Waals surface area contributed by atoms with Gasteiger partial charge in [-0.15, -0.1) is 0 Å². The van der Waals surface area contributed by atoms with Crippen LogP contribution in [0.4, 0.5) is 22.0 Å². The highest BCUT2D eigenvalue weighted by atomic mass is 16.5. The van der Waals surface area contributed by atoms with E-state index in [0.29, 0.717) is 28.5 Å². The van der Waals surface area contributed by atoms with Gasteiger partial charge < -0.3 is 20.1 Å². The molecule has 8 heteroatoms. The van der Waals surface area contributed by atoms with Gasteiger partial charge in [0.05, 0.1) is 11.3 Å². The van der Waals surface area contributed by atoms with Crippen molar-refractivity contribution >= 4 is 40.8 Å². The molecule has 4 N–H and O–H groups in total. The number of fused-ring (bicyclic) bond motifs is 1. The number of amides is 3. The van der Waals surface area contributed by atoms with Crippen molar-refractivity contribution in [2.75, 3.05) is 16.0 Å². The van der Waals surface area contributed by atoms with E-state index in [2.05, 4.69) is 26.1 Å². The Hall–Kier alpha value is -3.81. The number of rotatable bonds is 3. The average Bonchev–Trinajstić information content (AvgIpc) is 3.33. The van der Waals surface area contributed by atoms with E-state index in [1.165, 1.54) is 0 Å². The zero-order valence-electron chi connectivity index (χ0n) is 18.1. The molecule has 0 saturated heterocycles. The molecule has 0 spiro atoms. The fourth-order valence-corrected chi connectivity index (χ4v) is 3.43. The van der Waals surface area contributed by atoms with E-state index in [-0.39, 0.29) is 11.3 Å². The number of aromatic amines is 1. The van der Waals surface area contributed by atoms with Crippen LogP contribution in [0, 0.1) is 13.8 Å². The Balaban J connectivity index is 1.49. The molecule has 0 bridgehead atoms. The lowest BCUT2D eigenvalue weighted by Gasteiger charge is -2.12. The Bertz CT molecular complexity index is 1210. The van der Waals surface area contributed by atoms with Crippen LogP contribution in [0.2, 0.25) is 0 Å². The second-order valence-electron chi connectivity index (χ2n) is 8.73. The van der Waals surface area contributed by atoms with Gasteiger partial charge in [0.2, 0.25) is 0 Å². The first-order valence-electron chi connectivity index (χ1n) is 9.99. The number of carbonyl (C=O) groups excluding carboxylic acids is 2. The van der Waals surface area contributed by atoms with Crippen LogP contribution < -0.4 is 16.0 Å². The predicted molar refractivity (Wildman–Crippen MR) is 121 cm³/mol. The Morgan fingerprint density at radius 1 is 1.13 bits per heavy atom. The number of nitrogens with one attached hydrogen (secondary N) is 4. The van der Waals surface area contributed by atoms with Gasteiger partial charge in [0.1, 0.15) is 5.76 Å². The van der Waals surface area contributed by atoms with Crippen LogP contribution in [0.5, 0.6) is 0 Å². The molecular formula is C23H25N5O3. The summed E-state index contributed by atoms with van der Waals surface area (Å²) in [4.78, 5) is 28.1. The summed E-state index contributed by atoms with van der Waals surface area (Å²) in [6.07, 6.45) is 1.85. The second kappa shape index (κ2) is 7.46. The molecule has 0 fully saturated rings. The number of anilines is 3. The number of hydrogen-bond acceptors (Lipinski definition) is 4. The number of aryl methyl sites for hydroxylation is 2. The SMILES string of the molecule is Cc1cc(C)c(C=C2C(=O)Nc3cc(NC(=O)Nc4cc(C(C)(C)C)on4)ccc32)[nH]1. The van der Waals surface area contributed by atoms with E-state index >= 15 is 0 Å². The first-order valence-corrected chi connectivity index (χ1v) is 9.99. The molecule has 0 unspecified atom stereocenters. The van der Waals surface area contributed by atoms with Crippen molar-refractivity contribution in [1.29, 1.82) is 0 Å². The Morgan fingerprint density at radius 3 is 2.55 bits per heavy atom. The van der Waals surface area contributed by atoms with Crippen molar-refractivity contribution in [1.82, 2.24) is 10.1 Å². The minimum absolute atomic E-state index is 0.180. The van der Waals surface area contributed by atoms with Gasteiger partial charge in [0.15, 0.2) is 5.82 Å². The predicted octanol–water partition coefficient (Wildman–Crippen LogP) is 5.05. The minimum atomic E-state index is -0.453. The molecule has 0 radical (unpaired) electrons. The lowest BCUT2D eigenvalue weighted by atomic mass is 9.93. The van der Waals surface area contributed by atoms with Gasteiger partial charge in [-0.1, -0.05) is 32.0 Å². The van der Waals surface area contributed by atoms with Crippen LogP contribution in [0.3, 0.4) is 0 Å². The van der Waals surface area contributed by atoms with Crippen LogP contribution in [-0.2, 0) is 10.2 Å². The van der Waals surface area contributed by atoms with E-state index in [4.69, 9.17) is 4.52 Å². The molecular weight excluding hydrogens is 394 g/mol. The molecule has 1 aliphatic rings. The van der Waals surface area contributed by atoms with Crippen molar-refractivity contribution in [3.8, 4) is 0 Å². The van der Waals surface area contributed by atoms with Gasteiger partial charge in [-0.05, 0) is 43.7 Å². The van der Waals surface area contributed by atoms with Crippen LogP contribution in [0.15, 0.2) is 34.9 Å². The topological polar surface area (TPSA) is 112 Å². The number of H-pyrrole nitrogens is 1. The summed E-state index contributed by atoms with van der Waals surface area (Å²) in [7, 11) is 0. The number of nitrogens with zero attached hydrogens (tertiary/aromatic N) is 1. The highest BCUT2D eigenvalue weighted by Gasteiger charge is 2.25. The van der Waals surface area contributed by atoms with Crippen molar-refractivity contribution in [2.24, 2.45) is 0 Å². The summed E-state index contributed by atoms with van der Waals surface area (Å²) in [6, 6.07) is 8.57. The van der Waals surface area contributed by atoms with E-state index in [0.717, 1.165) is 22.5 Å². The number of hydrogen-bond donors (Lipinski definition) is 4. The Morgan fingerprint density at radius 2 is 1.90 bits per heavy atom. The molecule has 3 aromatic rings. The van der Waals surface area contributed by atoms with Crippen molar-refractivity contribution in [3.05, 3.63) is 58.6 Å². The Kier molecular flexibility index (Phi) is 4.93. The summed E-state index contributed by atoms with van der Waals surface area (Å²) in [6.45, 7) is 9.96. The van der Waals surface area contributed by atoms with E-state index in [1.54, 1.807) is 18.2 Å². The van der Waals surface area contributed by atoms with Gasteiger partial charge in [0.25, 0.3) is 5.91 Å². The number of aromatic nitrogens is 2.